The van der Waals surface area contributed by atoms with Gasteiger partial charge in [-0.05, 0) is 44.2 Å². The van der Waals surface area contributed by atoms with Crippen molar-refractivity contribution in [3.63, 3.8) is 0 Å². The smallest absolute Gasteiger partial charge is 0.268 e. The molecule has 6 heteroatoms. The van der Waals surface area contributed by atoms with Crippen molar-refractivity contribution in [3.8, 4) is 5.75 Å². The third-order valence-electron chi connectivity index (χ3n) is 3.97. The topological polar surface area (TPSA) is 69.3 Å². The summed E-state index contributed by atoms with van der Waals surface area (Å²) in [5, 5.41) is 3.11. The Kier molecular flexibility index (Phi) is 4.61. The van der Waals surface area contributed by atoms with Crippen LogP contribution in [0.2, 0.25) is 0 Å². The second-order valence-corrected chi connectivity index (χ2v) is 6.39. The van der Waals surface area contributed by atoms with E-state index in [4.69, 9.17) is 10.5 Å². The Morgan fingerprint density at radius 1 is 1.39 bits per heavy atom. The van der Waals surface area contributed by atoms with Gasteiger partial charge in [-0.2, -0.15) is 0 Å². The minimum atomic E-state index is -0.338. The van der Waals surface area contributed by atoms with Crippen LogP contribution in [0.15, 0.2) is 36.5 Å². The summed E-state index contributed by atoms with van der Waals surface area (Å²) in [6, 6.07) is 9.10. The number of carbonyl (C=O) groups excluding carboxylic acids is 1. The van der Waals surface area contributed by atoms with Crippen LogP contribution < -0.4 is 15.8 Å². The van der Waals surface area contributed by atoms with Crippen LogP contribution >= 0.6 is 12.4 Å². The molecular weight excluding hydrogens is 314 g/mol. The molecule has 124 valence electrons. The molecule has 1 aliphatic heterocycles. The first kappa shape index (κ1) is 17.2. The highest BCUT2D eigenvalue weighted by atomic mass is 35.5. The Balaban J connectivity index is 0.00000192. The van der Waals surface area contributed by atoms with Crippen molar-refractivity contribution >= 4 is 24.0 Å². The Labute approximate surface area is 142 Å². The number of hydrogen-bond donors (Lipinski definition) is 2. The number of amides is 1. The zero-order valence-electron chi connectivity index (χ0n) is 13.5. The number of nitrogen functional groups attached to an aromatic ring is 1. The van der Waals surface area contributed by atoms with Crippen LogP contribution in [-0.4, -0.2) is 16.1 Å². The summed E-state index contributed by atoms with van der Waals surface area (Å²) < 4.78 is 7.79. The number of nitrogens with one attached hydrogen (secondary N) is 1. The lowest BCUT2D eigenvalue weighted by atomic mass is 9.89. The van der Waals surface area contributed by atoms with Crippen molar-refractivity contribution in [1.82, 2.24) is 9.88 Å². The summed E-state index contributed by atoms with van der Waals surface area (Å²) in [6.07, 6.45) is 2.55. The summed E-state index contributed by atoms with van der Waals surface area (Å²) in [7, 11) is 1.86. The van der Waals surface area contributed by atoms with Crippen molar-refractivity contribution in [2.45, 2.75) is 31.9 Å². The summed E-state index contributed by atoms with van der Waals surface area (Å²) >= 11 is 0. The number of nitrogens with two attached hydrogens (primary N) is 1. The molecule has 0 bridgehead atoms. The fourth-order valence-electron chi connectivity index (χ4n) is 2.93. The number of ether oxygens (including phenoxy) is 1. The number of aryl methyl sites for hydroxylation is 1. The largest absolute Gasteiger partial charge is 0.487 e. The SMILES string of the molecule is Cl.Cn1cccc1C(=O)NC1CC(C)(C)Oc2ccc(N)cc21. The molecular formula is C17H22ClN3O2. The van der Waals surface area contributed by atoms with E-state index >= 15 is 0 Å². The molecule has 3 N–H and O–H groups in total. The van der Waals surface area contributed by atoms with Gasteiger partial charge in [-0.3, -0.25) is 4.79 Å². The van der Waals surface area contributed by atoms with E-state index in [2.05, 4.69) is 5.32 Å². The van der Waals surface area contributed by atoms with Gasteiger partial charge in [0.1, 0.15) is 17.0 Å². The van der Waals surface area contributed by atoms with Crippen molar-refractivity contribution in [1.29, 1.82) is 0 Å². The van der Waals surface area contributed by atoms with Crippen LogP contribution in [0.5, 0.6) is 5.75 Å². The molecule has 0 spiro atoms. The molecule has 1 aromatic carbocycles. The van der Waals surface area contributed by atoms with Gasteiger partial charge in [0, 0.05) is 30.9 Å². The molecule has 0 saturated heterocycles. The van der Waals surface area contributed by atoms with Gasteiger partial charge in [0.15, 0.2) is 0 Å². The molecule has 5 nitrogen and oxygen atoms in total. The third-order valence-corrected chi connectivity index (χ3v) is 3.97. The first-order valence-corrected chi connectivity index (χ1v) is 7.36. The fraction of sp³-hybridized carbons (Fsp3) is 0.353. The maximum atomic E-state index is 12.5. The monoisotopic (exact) mass is 335 g/mol. The van der Waals surface area contributed by atoms with Crippen LogP contribution in [0.25, 0.3) is 0 Å². The first-order valence-electron chi connectivity index (χ1n) is 7.36. The molecule has 0 fully saturated rings. The van der Waals surface area contributed by atoms with Gasteiger partial charge in [-0.1, -0.05) is 0 Å². The molecule has 2 heterocycles. The number of aromatic nitrogens is 1. The molecule has 3 rings (SSSR count). The minimum absolute atomic E-state index is 0. The number of carbonyl (C=O) groups is 1. The number of benzene rings is 1. The number of halogens is 1. The van der Waals surface area contributed by atoms with Crippen LogP contribution in [0.1, 0.15) is 42.4 Å². The van der Waals surface area contributed by atoms with Crippen LogP contribution in [-0.2, 0) is 7.05 Å². The molecule has 1 unspecified atom stereocenters. The number of nitrogens with zero attached hydrogens (tertiary/aromatic N) is 1. The van der Waals surface area contributed by atoms with E-state index in [1.807, 2.05) is 51.4 Å². The van der Waals surface area contributed by atoms with E-state index < -0.39 is 0 Å². The fourth-order valence-corrected chi connectivity index (χ4v) is 2.93. The van der Waals surface area contributed by atoms with Gasteiger partial charge >= 0.3 is 0 Å². The molecule has 0 saturated carbocycles. The molecule has 1 atom stereocenters. The predicted octanol–water partition coefficient (Wildman–Crippen LogP) is 3.06. The number of hydrogen-bond acceptors (Lipinski definition) is 3. The maximum absolute atomic E-state index is 12.5. The standard InChI is InChI=1S/C17H21N3O2.ClH/c1-17(2)10-13(12-9-11(18)6-7-15(12)22-17)19-16(21)14-5-4-8-20(14)3;/h4-9,13H,10,18H2,1-3H3,(H,19,21);1H. The second kappa shape index (κ2) is 6.16. The zero-order valence-corrected chi connectivity index (χ0v) is 14.3. The Morgan fingerprint density at radius 3 is 2.78 bits per heavy atom. The van der Waals surface area contributed by atoms with E-state index in [0.717, 1.165) is 11.3 Å². The minimum Gasteiger partial charge on any atom is -0.487 e. The normalized spacial score (nSPS) is 18.3. The van der Waals surface area contributed by atoms with Crippen LogP contribution in [0, 0.1) is 0 Å². The van der Waals surface area contributed by atoms with Gasteiger partial charge in [-0.25, -0.2) is 0 Å². The number of anilines is 1. The van der Waals surface area contributed by atoms with E-state index in [1.165, 1.54) is 0 Å². The molecule has 1 aromatic heterocycles. The predicted molar refractivity (Wildman–Crippen MR) is 93.0 cm³/mol. The zero-order chi connectivity index (χ0) is 15.9. The average molecular weight is 336 g/mol. The second-order valence-electron chi connectivity index (χ2n) is 6.39. The van der Waals surface area contributed by atoms with Crippen molar-refractivity contribution in [2.75, 3.05) is 5.73 Å². The lowest BCUT2D eigenvalue weighted by molar-refractivity contribution is 0.0618. The van der Waals surface area contributed by atoms with Gasteiger partial charge in [0.25, 0.3) is 5.91 Å². The summed E-state index contributed by atoms with van der Waals surface area (Å²) in [5.41, 5.74) is 7.78. The van der Waals surface area contributed by atoms with Gasteiger partial charge in [0.05, 0.1) is 6.04 Å². The van der Waals surface area contributed by atoms with E-state index in [-0.39, 0.29) is 30.0 Å². The summed E-state index contributed by atoms with van der Waals surface area (Å²) in [4.78, 5) is 12.5. The van der Waals surface area contributed by atoms with E-state index in [0.29, 0.717) is 17.8 Å². The quantitative estimate of drug-likeness (QED) is 0.829. The highest BCUT2D eigenvalue weighted by Crippen LogP contribution is 2.40. The molecule has 0 radical (unpaired) electrons. The molecule has 23 heavy (non-hydrogen) atoms. The lowest BCUT2D eigenvalue weighted by Crippen LogP contribution is -2.41. The maximum Gasteiger partial charge on any atom is 0.268 e. The van der Waals surface area contributed by atoms with E-state index in [9.17, 15) is 4.79 Å². The molecule has 1 amide bonds. The Hall–Kier alpha value is -2.14. The van der Waals surface area contributed by atoms with Crippen molar-refractivity contribution in [2.24, 2.45) is 7.05 Å². The first-order chi connectivity index (χ1) is 10.4. The molecule has 0 aliphatic carbocycles. The third kappa shape index (κ3) is 3.45. The molecule has 1 aliphatic rings. The van der Waals surface area contributed by atoms with Crippen LogP contribution in [0.4, 0.5) is 5.69 Å². The summed E-state index contributed by atoms with van der Waals surface area (Å²) in [5.74, 6) is 0.686. The summed E-state index contributed by atoms with van der Waals surface area (Å²) in [6.45, 7) is 4.04. The van der Waals surface area contributed by atoms with Gasteiger partial charge in [-0.15, -0.1) is 12.4 Å². The van der Waals surface area contributed by atoms with Gasteiger partial charge < -0.3 is 20.4 Å². The Bertz CT molecular complexity index is 724. The Morgan fingerprint density at radius 2 is 2.13 bits per heavy atom. The molecule has 2 aromatic rings. The van der Waals surface area contributed by atoms with E-state index in [1.54, 1.807) is 10.6 Å². The van der Waals surface area contributed by atoms with Crippen molar-refractivity contribution < 1.29 is 9.53 Å². The van der Waals surface area contributed by atoms with Crippen LogP contribution in [0.3, 0.4) is 0 Å². The highest BCUT2D eigenvalue weighted by Gasteiger charge is 2.34. The highest BCUT2D eigenvalue weighted by molar-refractivity contribution is 5.93. The van der Waals surface area contributed by atoms with Gasteiger partial charge in [0.2, 0.25) is 0 Å². The average Bonchev–Trinajstić information content (AvgIpc) is 2.85. The lowest BCUT2D eigenvalue weighted by Gasteiger charge is -2.38. The number of rotatable bonds is 2. The van der Waals surface area contributed by atoms with Crippen molar-refractivity contribution in [3.05, 3.63) is 47.8 Å². The number of fused-ring (bicyclic) bond motifs is 1.